The maximum Gasteiger partial charge on any atom is 0.248 e. The third-order valence-corrected chi connectivity index (χ3v) is 3.97. The summed E-state index contributed by atoms with van der Waals surface area (Å²) in [5.74, 6) is 0.829. The summed E-state index contributed by atoms with van der Waals surface area (Å²) in [7, 11) is 1.89. The van der Waals surface area contributed by atoms with Crippen LogP contribution in [0.2, 0.25) is 0 Å². The van der Waals surface area contributed by atoms with E-state index in [2.05, 4.69) is 5.32 Å². The number of hydrogen-bond donors (Lipinski definition) is 1. The van der Waals surface area contributed by atoms with E-state index in [-0.39, 0.29) is 18.1 Å². The fourth-order valence-electron chi connectivity index (χ4n) is 2.61. The van der Waals surface area contributed by atoms with Crippen LogP contribution < -0.4 is 5.32 Å². The predicted molar refractivity (Wildman–Crippen MR) is 66.8 cm³/mol. The Kier molecular flexibility index (Phi) is 4.05. The fraction of sp³-hybridized carbons (Fsp3) is 0.923. The molecular formula is C13H24N2O2. The number of rotatable bonds is 5. The van der Waals surface area contributed by atoms with Crippen molar-refractivity contribution in [2.45, 2.75) is 38.2 Å². The molecule has 1 saturated heterocycles. The standard InChI is InChI=1S/C13H24N2O2/c1-13(9-14-10-13)17-8-12(16)15(2)7-11-5-3-4-6-11/h11,14H,3-10H2,1-2H3. The Bertz CT molecular complexity index is 271. The highest BCUT2D eigenvalue weighted by molar-refractivity contribution is 5.77. The minimum absolute atomic E-state index is 0.116. The van der Waals surface area contributed by atoms with Crippen LogP contribution in [0.3, 0.4) is 0 Å². The van der Waals surface area contributed by atoms with Gasteiger partial charge in [0.15, 0.2) is 0 Å². The van der Waals surface area contributed by atoms with Crippen LogP contribution in [0.1, 0.15) is 32.6 Å². The Morgan fingerprint density at radius 2 is 2.06 bits per heavy atom. The SMILES string of the molecule is CN(CC1CCCC1)C(=O)COC1(C)CNC1. The minimum atomic E-state index is -0.121. The summed E-state index contributed by atoms with van der Waals surface area (Å²) in [4.78, 5) is 13.7. The first-order valence-electron chi connectivity index (χ1n) is 6.68. The number of nitrogens with zero attached hydrogens (tertiary/aromatic N) is 1. The lowest BCUT2D eigenvalue weighted by Gasteiger charge is -2.39. The maximum absolute atomic E-state index is 11.9. The largest absolute Gasteiger partial charge is 0.363 e. The Labute approximate surface area is 104 Å². The van der Waals surface area contributed by atoms with Crippen molar-refractivity contribution in [1.82, 2.24) is 10.2 Å². The van der Waals surface area contributed by atoms with Crippen LogP contribution in [-0.4, -0.2) is 49.7 Å². The lowest BCUT2D eigenvalue weighted by molar-refractivity contribution is -0.145. The molecule has 0 unspecified atom stereocenters. The molecule has 1 aliphatic carbocycles. The van der Waals surface area contributed by atoms with Gasteiger partial charge < -0.3 is 15.0 Å². The van der Waals surface area contributed by atoms with Crippen LogP contribution in [0.25, 0.3) is 0 Å². The van der Waals surface area contributed by atoms with Crippen LogP contribution >= 0.6 is 0 Å². The van der Waals surface area contributed by atoms with Gasteiger partial charge >= 0.3 is 0 Å². The van der Waals surface area contributed by atoms with Gasteiger partial charge in [0.05, 0.1) is 5.60 Å². The zero-order chi connectivity index (χ0) is 12.3. The quantitative estimate of drug-likeness (QED) is 0.780. The fourth-order valence-corrected chi connectivity index (χ4v) is 2.61. The second kappa shape index (κ2) is 5.36. The highest BCUT2D eigenvalue weighted by atomic mass is 16.5. The molecule has 1 heterocycles. The molecular weight excluding hydrogens is 216 g/mol. The average Bonchev–Trinajstić information content (AvgIpc) is 2.75. The summed E-state index contributed by atoms with van der Waals surface area (Å²) in [6.07, 6.45) is 5.21. The number of amides is 1. The van der Waals surface area contributed by atoms with Gasteiger partial charge in [-0.1, -0.05) is 12.8 Å². The summed E-state index contributed by atoms with van der Waals surface area (Å²) in [5.41, 5.74) is -0.121. The predicted octanol–water partition coefficient (Wildman–Crippen LogP) is 1.01. The number of nitrogens with one attached hydrogen (secondary N) is 1. The van der Waals surface area contributed by atoms with Crippen molar-refractivity contribution < 1.29 is 9.53 Å². The van der Waals surface area contributed by atoms with Crippen molar-refractivity contribution in [3.63, 3.8) is 0 Å². The summed E-state index contributed by atoms with van der Waals surface area (Å²) in [5, 5.41) is 3.16. The highest BCUT2D eigenvalue weighted by Crippen LogP contribution is 2.25. The topological polar surface area (TPSA) is 41.6 Å². The van der Waals surface area contributed by atoms with Crippen LogP contribution in [0.4, 0.5) is 0 Å². The molecule has 0 aromatic rings. The van der Waals surface area contributed by atoms with Gasteiger partial charge in [0.25, 0.3) is 0 Å². The number of carbonyl (C=O) groups is 1. The van der Waals surface area contributed by atoms with Crippen molar-refractivity contribution in [3.8, 4) is 0 Å². The van der Waals surface area contributed by atoms with Gasteiger partial charge in [-0.3, -0.25) is 4.79 Å². The summed E-state index contributed by atoms with van der Waals surface area (Å²) < 4.78 is 5.66. The van der Waals surface area contributed by atoms with E-state index in [4.69, 9.17) is 4.74 Å². The Morgan fingerprint density at radius 1 is 1.41 bits per heavy atom. The molecule has 0 radical (unpaired) electrons. The van der Waals surface area contributed by atoms with Crippen molar-refractivity contribution in [1.29, 1.82) is 0 Å². The number of hydrogen-bond acceptors (Lipinski definition) is 3. The molecule has 2 aliphatic rings. The molecule has 1 aliphatic heterocycles. The normalized spacial score (nSPS) is 23.4. The third kappa shape index (κ3) is 3.42. The number of ether oxygens (including phenoxy) is 1. The van der Waals surface area contributed by atoms with Gasteiger partial charge in [-0.05, 0) is 25.7 Å². The van der Waals surface area contributed by atoms with Crippen LogP contribution in [0, 0.1) is 5.92 Å². The zero-order valence-electron chi connectivity index (χ0n) is 11.0. The lowest BCUT2D eigenvalue weighted by Crippen LogP contribution is -2.59. The second-order valence-corrected chi connectivity index (χ2v) is 5.77. The van der Waals surface area contributed by atoms with Crippen LogP contribution in [0.15, 0.2) is 0 Å². The van der Waals surface area contributed by atoms with E-state index in [9.17, 15) is 4.79 Å². The molecule has 2 fully saturated rings. The molecule has 4 nitrogen and oxygen atoms in total. The minimum Gasteiger partial charge on any atom is -0.363 e. The number of carbonyl (C=O) groups excluding carboxylic acids is 1. The molecule has 0 aromatic carbocycles. The van der Waals surface area contributed by atoms with Crippen molar-refractivity contribution >= 4 is 5.91 Å². The van der Waals surface area contributed by atoms with E-state index < -0.39 is 0 Å². The zero-order valence-corrected chi connectivity index (χ0v) is 11.0. The van der Waals surface area contributed by atoms with E-state index in [1.165, 1.54) is 25.7 Å². The van der Waals surface area contributed by atoms with E-state index >= 15 is 0 Å². The van der Waals surface area contributed by atoms with Crippen molar-refractivity contribution in [3.05, 3.63) is 0 Å². The first kappa shape index (κ1) is 12.8. The molecule has 0 aromatic heterocycles. The molecule has 0 atom stereocenters. The van der Waals surface area contributed by atoms with Gasteiger partial charge in [-0.15, -0.1) is 0 Å². The van der Waals surface area contributed by atoms with Gasteiger partial charge in [-0.25, -0.2) is 0 Å². The van der Waals surface area contributed by atoms with E-state index in [0.717, 1.165) is 19.6 Å². The Hall–Kier alpha value is -0.610. The average molecular weight is 240 g/mol. The van der Waals surface area contributed by atoms with Crippen molar-refractivity contribution in [2.75, 3.05) is 33.3 Å². The molecule has 0 bridgehead atoms. The second-order valence-electron chi connectivity index (χ2n) is 5.77. The maximum atomic E-state index is 11.9. The van der Waals surface area contributed by atoms with Gasteiger partial charge in [0.1, 0.15) is 6.61 Å². The Balaban J connectivity index is 1.67. The van der Waals surface area contributed by atoms with Crippen molar-refractivity contribution in [2.24, 2.45) is 5.92 Å². The lowest BCUT2D eigenvalue weighted by atomic mass is 10.0. The van der Waals surface area contributed by atoms with Crippen LogP contribution in [0.5, 0.6) is 0 Å². The van der Waals surface area contributed by atoms with Gasteiger partial charge in [0.2, 0.25) is 5.91 Å². The monoisotopic (exact) mass is 240 g/mol. The Morgan fingerprint density at radius 3 is 2.59 bits per heavy atom. The van der Waals surface area contributed by atoms with E-state index in [0.29, 0.717) is 5.92 Å². The third-order valence-electron chi connectivity index (χ3n) is 3.97. The molecule has 1 amide bonds. The van der Waals surface area contributed by atoms with E-state index in [1.54, 1.807) is 0 Å². The smallest absolute Gasteiger partial charge is 0.248 e. The molecule has 0 spiro atoms. The molecule has 1 saturated carbocycles. The first-order valence-corrected chi connectivity index (χ1v) is 6.68. The molecule has 1 N–H and O–H groups in total. The summed E-state index contributed by atoms with van der Waals surface area (Å²) in [6.45, 7) is 4.88. The summed E-state index contributed by atoms with van der Waals surface area (Å²) in [6, 6.07) is 0. The molecule has 17 heavy (non-hydrogen) atoms. The highest BCUT2D eigenvalue weighted by Gasteiger charge is 2.33. The van der Waals surface area contributed by atoms with Crippen LogP contribution in [-0.2, 0) is 9.53 Å². The van der Waals surface area contributed by atoms with Gasteiger partial charge in [-0.2, -0.15) is 0 Å². The first-order chi connectivity index (χ1) is 8.09. The van der Waals surface area contributed by atoms with E-state index in [1.807, 2.05) is 18.9 Å². The molecule has 98 valence electrons. The molecule has 4 heteroatoms. The molecule has 2 rings (SSSR count). The van der Waals surface area contributed by atoms with Gasteiger partial charge in [0, 0.05) is 26.7 Å². The summed E-state index contributed by atoms with van der Waals surface area (Å²) >= 11 is 0. The number of likely N-dealkylation sites (N-methyl/N-ethyl adjacent to an activating group) is 1.